The van der Waals surface area contributed by atoms with Crippen molar-refractivity contribution in [2.75, 3.05) is 0 Å². The van der Waals surface area contributed by atoms with Gasteiger partial charge in [0.2, 0.25) is 0 Å². The van der Waals surface area contributed by atoms with Crippen LogP contribution in [0.25, 0.3) is 0 Å². The van der Waals surface area contributed by atoms with Gasteiger partial charge in [0.15, 0.2) is 0 Å². The normalized spacial score (nSPS) is 13.9. The van der Waals surface area contributed by atoms with Crippen LogP contribution in [-0.2, 0) is 0 Å². The third-order valence-corrected chi connectivity index (χ3v) is 2.13. The van der Waals surface area contributed by atoms with E-state index < -0.39 is 6.09 Å². The van der Waals surface area contributed by atoms with Crippen LogP contribution in [0, 0.1) is 0 Å². The van der Waals surface area contributed by atoms with E-state index in [1.54, 1.807) is 0 Å². The summed E-state index contributed by atoms with van der Waals surface area (Å²) in [6, 6.07) is 0.0407. The van der Waals surface area contributed by atoms with Crippen LogP contribution in [0.4, 0.5) is 4.79 Å². The number of allylic oxidation sites excluding steroid dienone is 2. The van der Waals surface area contributed by atoms with Crippen molar-refractivity contribution in [3.8, 4) is 0 Å². The zero-order chi connectivity index (χ0) is 10.3. The van der Waals surface area contributed by atoms with Gasteiger partial charge in [0, 0.05) is 6.04 Å². The average Bonchev–Trinajstić information content (AvgIpc) is 2.05. The standard InChI is InChI=1S/C10H19NO2/c1-4-9(5-2)7-6-8(3)11-10(12)13/h4,8,11H,5-7H2,1-3H3,(H,12,13)/b9-4-/t8-/m1/s1. The van der Waals surface area contributed by atoms with Gasteiger partial charge in [-0.05, 0) is 33.1 Å². The van der Waals surface area contributed by atoms with Crippen molar-refractivity contribution in [1.29, 1.82) is 0 Å². The van der Waals surface area contributed by atoms with E-state index in [9.17, 15) is 4.79 Å². The molecule has 1 amide bonds. The van der Waals surface area contributed by atoms with Gasteiger partial charge in [0.1, 0.15) is 0 Å². The molecular formula is C10H19NO2. The predicted octanol–water partition coefficient (Wildman–Crippen LogP) is 2.78. The number of hydrogen-bond donors (Lipinski definition) is 2. The molecule has 0 aliphatic carbocycles. The molecule has 76 valence electrons. The Kier molecular flexibility index (Phi) is 6.02. The SMILES string of the molecule is C/C=C(/CC)CC[C@@H](C)NC(=O)O. The molecule has 13 heavy (non-hydrogen) atoms. The van der Waals surface area contributed by atoms with E-state index in [1.165, 1.54) is 5.57 Å². The molecule has 0 aliphatic rings. The maximum atomic E-state index is 10.3. The van der Waals surface area contributed by atoms with Crippen molar-refractivity contribution in [1.82, 2.24) is 5.32 Å². The van der Waals surface area contributed by atoms with Crippen LogP contribution in [0.15, 0.2) is 11.6 Å². The number of nitrogens with one attached hydrogen (secondary N) is 1. The fourth-order valence-corrected chi connectivity index (χ4v) is 1.21. The van der Waals surface area contributed by atoms with Gasteiger partial charge in [-0.1, -0.05) is 18.6 Å². The highest BCUT2D eigenvalue weighted by Crippen LogP contribution is 2.10. The van der Waals surface area contributed by atoms with Gasteiger partial charge in [0.05, 0.1) is 0 Å². The van der Waals surface area contributed by atoms with E-state index in [-0.39, 0.29) is 6.04 Å². The maximum Gasteiger partial charge on any atom is 0.404 e. The van der Waals surface area contributed by atoms with Gasteiger partial charge in [-0.2, -0.15) is 0 Å². The van der Waals surface area contributed by atoms with Gasteiger partial charge >= 0.3 is 6.09 Å². The topological polar surface area (TPSA) is 49.3 Å². The summed E-state index contributed by atoms with van der Waals surface area (Å²) in [5.74, 6) is 0. The number of amides is 1. The summed E-state index contributed by atoms with van der Waals surface area (Å²) >= 11 is 0. The fourth-order valence-electron chi connectivity index (χ4n) is 1.21. The van der Waals surface area contributed by atoms with Crippen LogP contribution < -0.4 is 5.32 Å². The van der Waals surface area contributed by atoms with E-state index in [0.29, 0.717) is 0 Å². The van der Waals surface area contributed by atoms with Crippen LogP contribution >= 0.6 is 0 Å². The molecule has 0 saturated carbocycles. The summed E-state index contributed by atoms with van der Waals surface area (Å²) in [5.41, 5.74) is 1.39. The molecule has 3 nitrogen and oxygen atoms in total. The minimum atomic E-state index is -0.939. The third-order valence-electron chi connectivity index (χ3n) is 2.13. The second-order valence-electron chi connectivity index (χ2n) is 3.19. The lowest BCUT2D eigenvalue weighted by molar-refractivity contribution is 0.190. The van der Waals surface area contributed by atoms with Gasteiger partial charge in [-0.3, -0.25) is 0 Å². The average molecular weight is 185 g/mol. The monoisotopic (exact) mass is 185 g/mol. The molecule has 0 spiro atoms. The molecule has 2 N–H and O–H groups in total. The highest BCUT2D eigenvalue weighted by atomic mass is 16.4. The highest BCUT2D eigenvalue weighted by Gasteiger charge is 2.05. The Morgan fingerprint density at radius 2 is 2.23 bits per heavy atom. The molecule has 0 fully saturated rings. The quantitative estimate of drug-likeness (QED) is 0.647. The highest BCUT2D eigenvalue weighted by molar-refractivity contribution is 5.64. The molecule has 0 unspecified atom stereocenters. The van der Waals surface area contributed by atoms with Crippen molar-refractivity contribution >= 4 is 6.09 Å². The lowest BCUT2D eigenvalue weighted by atomic mass is 10.0. The maximum absolute atomic E-state index is 10.3. The second-order valence-corrected chi connectivity index (χ2v) is 3.19. The lowest BCUT2D eigenvalue weighted by Gasteiger charge is -2.11. The minimum Gasteiger partial charge on any atom is -0.465 e. The molecule has 0 aromatic heterocycles. The summed E-state index contributed by atoms with van der Waals surface area (Å²) in [7, 11) is 0. The fraction of sp³-hybridized carbons (Fsp3) is 0.700. The largest absolute Gasteiger partial charge is 0.465 e. The van der Waals surface area contributed by atoms with Crippen LogP contribution in [0.2, 0.25) is 0 Å². The Bertz CT molecular complexity index is 187. The Morgan fingerprint density at radius 1 is 1.62 bits per heavy atom. The zero-order valence-corrected chi connectivity index (χ0v) is 8.63. The molecular weight excluding hydrogens is 166 g/mol. The van der Waals surface area contributed by atoms with Crippen LogP contribution in [0.3, 0.4) is 0 Å². The van der Waals surface area contributed by atoms with Crippen LogP contribution in [0.1, 0.15) is 40.0 Å². The van der Waals surface area contributed by atoms with Gasteiger partial charge in [-0.25, -0.2) is 4.79 Å². The lowest BCUT2D eigenvalue weighted by Crippen LogP contribution is -2.30. The molecule has 0 rings (SSSR count). The molecule has 0 aromatic carbocycles. The predicted molar refractivity (Wildman–Crippen MR) is 53.9 cm³/mol. The van der Waals surface area contributed by atoms with Crippen LogP contribution in [-0.4, -0.2) is 17.2 Å². The Labute approximate surface area is 79.8 Å². The first-order chi connectivity index (χ1) is 6.10. The Hall–Kier alpha value is -0.990. The Morgan fingerprint density at radius 3 is 2.62 bits per heavy atom. The first kappa shape index (κ1) is 12.0. The van der Waals surface area contributed by atoms with E-state index >= 15 is 0 Å². The molecule has 0 aliphatic heterocycles. The summed E-state index contributed by atoms with van der Waals surface area (Å²) in [4.78, 5) is 10.3. The van der Waals surface area contributed by atoms with Gasteiger partial charge in [-0.15, -0.1) is 0 Å². The van der Waals surface area contributed by atoms with Crippen LogP contribution in [0.5, 0.6) is 0 Å². The summed E-state index contributed by atoms with van der Waals surface area (Å²) in [5, 5.41) is 10.9. The molecule has 0 aromatic rings. The number of carbonyl (C=O) groups is 1. The Balaban J connectivity index is 3.68. The summed E-state index contributed by atoms with van der Waals surface area (Å²) < 4.78 is 0. The molecule has 0 radical (unpaired) electrons. The van der Waals surface area contributed by atoms with Crippen molar-refractivity contribution < 1.29 is 9.90 Å². The van der Waals surface area contributed by atoms with Crippen molar-refractivity contribution in [3.05, 3.63) is 11.6 Å². The molecule has 0 saturated heterocycles. The van der Waals surface area contributed by atoms with Crippen molar-refractivity contribution in [2.24, 2.45) is 0 Å². The zero-order valence-electron chi connectivity index (χ0n) is 8.63. The van der Waals surface area contributed by atoms with E-state index in [2.05, 4.69) is 18.3 Å². The van der Waals surface area contributed by atoms with E-state index in [0.717, 1.165) is 19.3 Å². The number of hydrogen-bond acceptors (Lipinski definition) is 1. The van der Waals surface area contributed by atoms with E-state index in [4.69, 9.17) is 5.11 Å². The molecule has 0 bridgehead atoms. The van der Waals surface area contributed by atoms with Gasteiger partial charge < -0.3 is 10.4 Å². The minimum absolute atomic E-state index is 0.0407. The first-order valence-electron chi connectivity index (χ1n) is 4.73. The van der Waals surface area contributed by atoms with Gasteiger partial charge in [0.25, 0.3) is 0 Å². The number of rotatable bonds is 5. The van der Waals surface area contributed by atoms with Crippen molar-refractivity contribution in [2.45, 2.75) is 46.1 Å². The smallest absolute Gasteiger partial charge is 0.404 e. The second kappa shape index (κ2) is 6.52. The molecule has 0 heterocycles. The molecule has 3 heteroatoms. The summed E-state index contributed by atoms with van der Waals surface area (Å²) in [6.45, 7) is 6.02. The van der Waals surface area contributed by atoms with E-state index in [1.807, 2.05) is 13.8 Å². The molecule has 1 atom stereocenters. The first-order valence-corrected chi connectivity index (χ1v) is 4.73. The third kappa shape index (κ3) is 6.20. The van der Waals surface area contributed by atoms with Crippen molar-refractivity contribution in [3.63, 3.8) is 0 Å². The summed E-state index contributed by atoms with van der Waals surface area (Å²) in [6.07, 6.45) is 4.07. The number of carboxylic acid groups (broad SMARTS) is 1.